The molecule has 5 rings (SSSR count). The minimum absolute atomic E-state index is 0.00857. The molecule has 0 aliphatic carbocycles. The summed E-state index contributed by atoms with van der Waals surface area (Å²) in [5.41, 5.74) is 2.63. The number of ether oxygens (including phenoxy) is 2. The molecule has 0 spiro atoms. The van der Waals surface area contributed by atoms with Gasteiger partial charge in [-0.3, -0.25) is 9.59 Å². The molecular weight excluding hydrogens is 549 g/mol. The van der Waals surface area contributed by atoms with Crippen molar-refractivity contribution in [1.82, 2.24) is 0 Å². The number of alkyl halides is 3. The minimum Gasteiger partial charge on any atom is -0.490 e. The van der Waals surface area contributed by atoms with Crippen molar-refractivity contribution in [2.24, 2.45) is 0 Å². The average Bonchev–Trinajstić information content (AvgIpc) is 2.97. The molecule has 0 bridgehead atoms. The third-order valence-electron chi connectivity index (χ3n) is 7.04. The number of hydrogen-bond donors (Lipinski definition) is 3. The van der Waals surface area contributed by atoms with Gasteiger partial charge in [0.25, 0.3) is 5.91 Å². The van der Waals surface area contributed by atoms with Crippen LogP contribution in [0.3, 0.4) is 0 Å². The first-order valence-corrected chi connectivity index (χ1v) is 13.5. The Hall–Kier alpha value is -4.41. The summed E-state index contributed by atoms with van der Waals surface area (Å²) in [6.45, 7) is 1.24. The number of anilines is 2. The van der Waals surface area contributed by atoms with E-state index in [9.17, 15) is 27.9 Å². The summed E-state index contributed by atoms with van der Waals surface area (Å²) in [6, 6.07) is 17.1. The number of nitrogens with one attached hydrogen (secondary N) is 2. The number of allylic oxidation sites excluding steroid dienone is 2. The predicted molar refractivity (Wildman–Crippen MR) is 152 cm³/mol. The second kappa shape index (κ2) is 12.6. The topological polar surface area (TPSA) is 96.9 Å². The SMILES string of the molecule is O=C(C=CC=C(c1ccc(C(F)(F)F)cc1)c1cccc(OC2CCOCC2)c1)Nc1cccc2c1CC(O)C(=O)N2. The smallest absolute Gasteiger partial charge is 0.416 e. The first kappa shape index (κ1) is 29.1. The van der Waals surface area contributed by atoms with Gasteiger partial charge >= 0.3 is 6.18 Å². The monoisotopic (exact) mass is 578 g/mol. The van der Waals surface area contributed by atoms with Gasteiger partial charge in [0.15, 0.2) is 0 Å². The first-order chi connectivity index (χ1) is 20.2. The Labute approximate surface area is 240 Å². The Kier molecular flexibility index (Phi) is 8.75. The second-order valence-electron chi connectivity index (χ2n) is 10.0. The number of fused-ring (bicyclic) bond motifs is 1. The van der Waals surface area contributed by atoms with Crippen LogP contribution in [0.1, 0.15) is 35.1 Å². The fraction of sp³-hybridized carbons (Fsp3) is 0.250. The molecule has 10 heteroatoms. The lowest BCUT2D eigenvalue weighted by Crippen LogP contribution is -2.34. The third-order valence-corrected chi connectivity index (χ3v) is 7.04. The molecule has 42 heavy (non-hydrogen) atoms. The zero-order valence-corrected chi connectivity index (χ0v) is 22.5. The maximum atomic E-state index is 13.2. The van der Waals surface area contributed by atoms with Gasteiger partial charge in [-0.15, -0.1) is 0 Å². The highest BCUT2D eigenvalue weighted by molar-refractivity contribution is 6.03. The summed E-state index contributed by atoms with van der Waals surface area (Å²) in [4.78, 5) is 24.6. The molecular formula is C32H29F3N2O5. The molecule has 1 unspecified atom stereocenters. The van der Waals surface area contributed by atoms with Crippen molar-refractivity contribution in [3.05, 3.63) is 107 Å². The number of carbonyl (C=O) groups is 2. The van der Waals surface area contributed by atoms with Gasteiger partial charge in [0.05, 0.1) is 18.8 Å². The van der Waals surface area contributed by atoms with Crippen LogP contribution in [0.2, 0.25) is 0 Å². The van der Waals surface area contributed by atoms with Gasteiger partial charge in [-0.1, -0.05) is 42.5 Å². The van der Waals surface area contributed by atoms with Crippen LogP contribution >= 0.6 is 0 Å². The van der Waals surface area contributed by atoms with E-state index in [2.05, 4.69) is 10.6 Å². The molecule has 0 saturated carbocycles. The molecule has 218 valence electrons. The minimum atomic E-state index is -4.46. The molecule has 3 N–H and O–H groups in total. The molecule has 2 amide bonds. The van der Waals surface area contributed by atoms with Gasteiger partial charge < -0.3 is 25.2 Å². The van der Waals surface area contributed by atoms with Gasteiger partial charge in [-0.05, 0) is 53.1 Å². The molecule has 2 aliphatic rings. The standard InChI is InChI=1S/C32H29F3N2O5/c33-32(34,35)22-12-10-20(11-13-22)25(21-4-1-5-24(18-21)42-23-14-16-41-17-15-23)6-2-9-30(39)36-27-7-3-8-28-26(27)19-29(38)31(40)37-28/h1-13,18,23,29,38H,14-17,19H2,(H,36,39)(H,37,40). The van der Waals surface area contributed by atoms with Crippen LogP contribution in [0.25, 0.3) is 5.57 Å². The van der Waals surface area contributed by atoms with Crippen molar-refractivity contribution in [2.75, 3.05) is 23.8 Å². The third kappa shape index (κ3) is 7.07. The largest absolute Gasteiger partial charge is 0.490 e. The number of rotatable bonds is 7. The zero-order valence-electron chi connectivity index (χ0n) is 22.5. The molecule has 1 atom stereocenters. The Morgan fingerprint density at radius 2 is 1.76 bits per heavy atom. The van der Waals surface area contributed by atoms with Crippen LogP contribution in [-0.2, 0) is 26.9 Å². The number of amides is 2. The van der Waals surface area contributed by atoms with Gasteiger partial charge in [0.2, 0.25) is 5.91 Å². The number of aliphatic hydroxyl groups is 1. The lowest BCUT2D eigenvalue weighted by atomic mass is 9.96. The second-order valence-corrected chi connectivity index (χ2v) is 10.0. The quantitative estimate of drug-likeness (QED) is 0.245. The summed E-state index contributed by atoms with van der Waals surface area (Å²) in [5.74, 6) is -0.342. The molecule has 0 aromatic heterocycles. The van der Waals surface area contributed by atoms with E-state index in [4.69, 9.17) is 9.47 Å². The van der Waals surface area contributed by atoms with Crippen LogP contribution in [0.15, 0.2) is 85.0 Å². The van der Waals surface area contributed by atoms with Crippen molar-refractivity contribution in [2.45, 2.75) is 37.6 Å². The van der Waals surface area contributed by atoms with Gasteiger partial charge in [0, 0.05) is 42.3 Å². The molecule has 7 nitrogen and oxygen atoms in total. The summed E-state index contributed by atoms with van der Waals surface area (Å²) >= 11 is 0. The predicted octanol–water partition coefficient (Wildman–Crippen LogP) is 5.75. The fourth-order valence-corrected chi connectivity index (χ4v) is 4.87. The van der Waals surface area contributed by atoms with E-state index in [0.717, 1.165) is 25.0 Å². The molecule has 2 aliphatic heterocycles. The maximum Gasteiger partial charge on any atom is 0.416 e. The molecule has 3 aromatic rings. The van der Waals surface area contributed by atoms with E-state index in [1.165, 1.54) is 24.3 Å². The van der Waals surface area contributed by atoms with E-state index >= 15 is 0 Å². The Bertz CT molecular complexity index is 1510. The zero-order chi connectivity index (χ0) is 29.7. The highest BCUT2D eigenvalue weighted by Crippen LogP contribution is 2.33. The van der Waals surface area contributed by atoms with E-state index in [1.807, 2.05) is 24.3 Å². The van der Waals surface area contributed by atoms with Gasteiger partial charge in [-0.2, -0.15) is 13.2 Å². The average molecular weight is 579 g/mol. The number of hydrogen-bond acceptors (Lipinski definition) is 5. The van der Waals surface area contributed by atoms with Crippen molar-refractivity contribution in [1.29, 1.82) is 0 Å². The Morgan fingerprint density at radius 1 is 1.02 bits per heavy atom. The number of carbonyl (C=O) groups excluding carboxylic acids is 2. The highest BCUT2D eigenvalue weighted by Gasteiger charge is 2.30. The van der Waals surface area contributed by atoms with Gasteiger partial charge in [0.1, 0.15) is 18.0 Å². The van der Waals surface area contributed by atoms with E-state index in [1.54, 1.807) is 24.3 Å². The van der Waals surface area contributed by atoms with Crippen LogP contribution in [0, 0.1) is 0 Å². The van der Waals surface area contributed by atoms with E-state index in [-0.39, 0.29) is 12.5 Å². The van der Waals surface area contributed by atoms with Crippen LogP contribution < -0.4 is 15.4 Å². The van der Waals surface area contributed by atoms with Crippen LogP contribution in [0.4, 0.5) is 24.5 Å². The van der Waals surface area contributed by atoms with Crippen molar-refractivity contribution >= 4 is 28.8 Å². The number of aliphatic hydroxyl groups excluding tert-OH is 1. The molecule has 2 heterocycles. The molecule has 3 aromatic carbocycles. The number of halogens is 3. The van der Waals surface area contributed by atoms with Crippen LogP contribution in [-0.4, -0.2) is 42.3 Å². The van der Waals surface area contributed by atoms with Crippen molar-refractivity contribution in [3.8, 4) is 5.75 Å². The lowest BCUT2D eigenvalue weighted by Gasteiger charge is -2.23. The first-order valence-electron chi connectivity index (χ1n) is 13.5. The van der Waals surface area contributed by atoms with Crippen molar-refractivity contribution in [3.63, 3.8) is 0 Å². The molecule has 0 radical (unpaired) electrons. The normalized spacial score (nSPS) is 18.0. The van der Waals surface area contributed by atoms with E-state index < -0.39 is 29.7 Å². The van der Waals surface area contributed by atoms with Crippen molar-refractivity contribution < 1.29 is 37.3 Å². The van der Waals surface area contributed by atoms with Crippen LogP contribution in [0.5, 0.6) is 5.75 Å². The number of benzene rings is 3. The fourth-order valence-electron chi connectivity index (χ4n) is 4.87. The maximum absolute atomic E-state index is 13.2. The summed E-state index contributed by atoms with van der Waals surface area (Å²) < 4.78 is 51.1. The van der Waals surface area contributed by atoms with Gasteiger partial charge in [-0.25, -0.2) is 0 Å². The molecule has 1 fully saturated rings. The summed E-state index contributed by atoms with van der Waals surface area (Å²) in [5, 5.41) is 15.3. The summed E-state index contributed by atoms with van der Waals surface area (Å²) in [7, 11) is 0. The Balaban J connectivity index is 1.40. The lowest BCUT2D eigenvalue weighted by molar-refractivity contribution is -0.137. The molecule has 1 saturated heterocycles. The highest BCUT2D eigenvalue weighted by atomic mass is 19.4. The Morgan fingerprint density at radius 3 is 2.50 bits per heavy atom. The van der Waals surface area contributed by atoms with E-state index in [0.29, 0.717) is 52.6 Å². The summed E-state index contributed by atoms with van der Waals surface area (Å²) in [6.07, 6.45) is 0.378.